The van der Waals surface area contributed by atoms with Gasteiger partial charge in [-0.2, -0.15) is 0 Å². The van der Waals surface area contributed by atoms with E-state index < -0.39 is 0 Å². The molecule has 1 fully saturated rings. The van der Waals surface area contributed by atoms with E-state index in [1.165, 1.54) is 37.6 Å². The van der Waals surface area contributed by atoms with Crippen molar-refractivity contribution in [1.82, 2.24) is 0 Å². The smallest absolute Gasteiger partial charge is 0.139 e. The predicted octanol–water partition coefficient (Wildman–Crippen LogP) is 5.07. The van der Waals surface area contributed by atoms with Crippen LogP contribution in [0, 0.1) is 0 Å². The van der Waals surface area contributed by atoms with Crippen LogP contribution >= 0.6 is 11.8 Å². The Morgan fingerprint density at radius 1 is 1.14 bits per heavy atom. The Kier molecular flexibility index (Phi) is 2.56. The molecule has 2 nitrogen and oxygen atoms in total. The van der Waals surface area contributed by atoms with Crippen LogP contribution in [-0.4, -0.2) is 12.5 Å². The highest BCUT2D eigenvalue weighted by Crippen LogP contribution is 2.58. The second kappa shape index (κ2) is 4.40. The first-order chi connectivity index (χ1) is 10.8. The molecule has 2 heterocycles. The summed E-state index contributed by atoms with van der Waals surface area (Å²) < 4.78 is 11.5. The third kappa shape index (κ3) is 1.61. The van der Waals surface area contributed by atoms with Crippen LogP contribution in [0.15, 0.2) is 41.3 Å². The number of benzene rings is 3. The number of ether oxygens (including phenoxy) is 2. The standard InChI is InChI=1S/C19H16O2S/c1-3-10-4-5-11-9-14-15(20-2)7-6-12-16(14)18(13(11)8-10)22-19-17(12)21-19/h4-9,17,19H,3H2,1-2H3. The molecule has 5 rings (SSSR count). The first-order valence-electron chi connectivity index (χ1n) is 7.68. The molecule has 0 N–H and O–H groups in total. The van der Waals surface area contributed by atoms with Crippen LogP contribution in [-0.2, 0) is 11.2 Å². The summed E-state index contributed by atoms with van der Waals surface area (Å²) >= 11 is 1.87. The summed E-state index contributed by atoms with van der Waals surface area (Å²) in [6, 6.07) is 13.3. The van der Waals surface area contributed by atoms with Crippen molar-refractivity contribution in [2.75, 3.05) is 7.11 Å². The van der Waals surface area contributed by atoms with Crippen LogP contribution in [0.1, 0.15) is 24.2 Å². The first kappa shape index (κ1) is 12.8. The molecule has 2 atom stereocenters. The van der Waals surface area contributed by atoms with Gasteiger partial charge < -0.3 is 9.47 Å². The van der Waals surface area contributed by atoms with Crippen LogP contribution < -0.4 is 4.74 Å². The third-order valence-electron chi connectivity index (χ3n) is 4.75. The summed E-state index contributed by atoms with van der Waals surface area (Å²) in [6.07, 6.45) is 1.32. The maximum atomic E-state index is 5.85. The van der Waals surface area contributed by atoms with Crippen molar-refractivity contribution in [3.8, 4) is 5.75 Å². The predicted molar refractivity (Wildman–Crippen MR) is 90.9 cm³/mol. The average molecular weight is 308 g/mol. The van der Waals surface area contributed by atoms with Crippen LogP contribution in [0.5, 0.6) is 5.75 Å². The van der Waals surface area contributed by atoms with E-state index >= 15 is 0 Å². The van der Waals surface area contributed by atoms with E-state index in [4.69, 9.17) is 9.47 Å². The molecule has 110 valence electrons. The fourth-order valence-corrected chi connectivity index (χ4v) is 4.84. The van der Waals surface area contributed by atoms with Gasteiger partial charge in [-0.25, -0.2) is 0 Å². The molecule has 0 radical (unpaired) electrons. The Morgan fingerprint density at radius 2 is 2.05 bits per heavy atom. The molecule has 2 aliphatic heterocycles. The molecular weight excluding hydrogens is 292 g/mol. The number of fused-ring (bicyclic) bond motifs is 4. The second-order valence-electron chi connectivity index (χ2n) is 5.94. The molecular formula is C19H16O2S. The van der Waals surface area contributed by atoms with Crippen molar-refractivity contribution < 1.29 is 9.47 Å². The van der Waals surface area contributed by atoms with Gasteiger partial charge in [0.15, 0.2) is 0 Å². The zero-order valence-electron chi connectivity index (χ0n) is 12.6. The van der Waals surface area contributed by atoms with E-state index in [0.717, 1.165) is 12.2 Å². The maximum absolute atomic E-state index is 5.85. The number of methoxy groups -OCH3 is 1. The Bertz CT molecular complexity index is 932. The zero-order chi connectivity index (χ0) is 14.8. The summed E-state index contributed by atoms with van der Waals surface area (Å²) in [4.78, 5) is 1.36. The van der Waals surface area contributed by atoms with E-state index in [0.29, 0.717) is 5.44 Å². The van der Waals surface area contributed by atoms with Gasteiger partial charge in [0.05, 0.1) is 7.11 Å². The van der Waals surface area contributed by atoms with E-state index in [1.807, 2.05) is 11.8 Å². The molecule has 3 aromatic carbocycles. The number of epoxide rings is 1. The maximum Gasteiger partial charge on any atom is 0.139 e. The number of hydrogen-bond donors (Lipinski definition) is 0. The quantitative estimate of drug-likeness (QED) is 0.487. The topological polar surface area (TPSA) is 21.8 Å². The molecule has 0 aromatic heterocycles. The minimum atomic E-state index is 0.262. The summed E-state index contributed by atoms with van der Waals surface area (Å²) in [5.74, 6) is 0.946. The van der Waals surface area contributed by atoms with Gasteiger partial charge in [0, 0.05) is 15.7 Å². The largest absolute Gasteiger partial charge is 0.496 e. The first-order valence-corrected chi connectivity index (χ1v) is 8.56. The molecule has 0 saturated carbocycles. The van der Waals surface area contributed by atoms with Crippen LogP contribution in [0.2, 0.25) is 0 Å². The van der Waals surface area contributed by atoms with Crippen LogP contribution in [0.25, 0.3) is 21.5 Å². The lowest BCUT2D eigenvalue weighted by atomic mass is 9.95. The van der Waals surface area contributed by atoms with E-state index in [-0.39, 0.29) is 6.10 Å². The summed E-state index contributed by atoms with van der Waals surface area (Å²) in [7, 11) is 1.74. The van der Waals surface area contributed by atoms with Gasteiger partial charge in [0.25, 0.3) is 0 Å². The highest BCUT2D eigenvalue weighted by atomic mass is 32.2. The lowest BCUT2D eigenvalue weighted by Crippen LogP contribution is -1.98. The lowest BCUT2D eigenvalue weighted by molar-refractivity contribution is 0.407. The van der Waals surface area contributed by atoms with Gasteiger partial charge >= 0.3 is 0 Å². The molecule has 3 aromatic rings. The molecule has 0 amide bonds. The SMILES string of the molecule is CCc1ccc2cc3c(OC)ccc4c3c(c2c1)SC1OC41. The minimum Gasteiger partial charge on any atom is -0.496 e. The number of rotatable bonds is 2. The highest BCUT2D eigenvalue weighted by molar-refractivity contribution is 8.00. The van der Waals surface area contributed by atoms with Crippen molar-refractivity contribution in [2.45, 2.75) is 29.8 Å². The van der Waals surface area contributed by atoms with Gasteiger partial charge in [0.1, 0.15) is 17.3 Å². The zero-order valence-corrected chi connectivity index (χ0v) is 13.4. The molecule has 0 bridgehead atoms. The molecule has 2 unspecified atom stereocenters. The number of hydrogen-bond acceptors (Lipinski definition) is 3. The molecule has 22 heavy (non-hydrogen) atoms. The Balaban J connectivity index is 1.96. The van der Waals surface area contributed by atoms with Crippen molar-refractivity contribution in [1.29, 1.82) is 0 Å². The normalized spacial score (nSPS) is 21.9. The summed E-state index contributed by atoms with van der Waals surface area (Å²) in [6.45, 7) is 2.20. The number of thioether (sulfide) groups is 1. The van der Waals surface area contributed by atoms with E-state index in [2.05, 4.69) is 43.3 Å². The molecule has 0 spiro atoms. The van der Waals surface area contributed by atoms with Gasteiger partial charge in [-0.3, -0.25) is 0 Å². The Morgan fingerprint density at radius 3 is 2.86 bits per heavy atom. The lowest BCUT2D eigenvalue weighted by Gasteiger charge is -2.18. The van der Waals surface area contributed by atoms with Crippen molar-refractivity contribution in [3.05, 3.63) is 47.5 Å². The van der Waals surface area contributed by atoms with E-state index in [1.54, 1.807) is 7.11 Å². The fraction of sp³-hybridized carbons (Fsp3) is 0.263. The van der Waals surface area contributed by atoms with Gasteiger partial charge in [-0.1, -0.05) is 43.0 Å². The van der Waals surface area contributed by atoms with Crippen LogP contribution in [0.3, 0.4) is 0 Å². The minimum absolute atomic E-state index is 0.262. The van der Waals surface area contributed by atoms with Crippen molar-refractivity contribution in [2.24, 2.45) is 0 Å². The number of aryl methyl sites for hydroxylation is 1. The van der Waals surface area contributed by atoms with Crippen LogP contribution in [0.4, 0.5) is 0 Å². The molecule has 1 saturated heterocycles. The fourth-order valence-electron chi connectivity index (χ4n) is 3.51. The Hall–Kier alpha value is -1.71. The van der Waals surface area contributed by atoms with E-state index in [9.17, 15) is 0 Å². The second-order valence-corrected chi connectivity index (χ2v) is 7.05. The highest BCUT2D eigenvalue weighted by Gasteiger charge is 2.46. The van der Waals surface area contributed by atoms with Gasteiger partial charge in [-0.05, 0) is 40.5 Å². The Labute approximate surface area is 133 Å². The van der Waals surface area contributed by atoms with Gasteiger partial charge in [0.2, 0.25) is 0 Å². The molecule has 2 aliphatic rings. The third-order valence-corrected chi connectivity index (χ3v) is 6.00. The average Bonchev–Trinajstić information content (AvgIpc) is 3.34. The molecule has 0 aliphatic carbocycles. The molecule has 3 heteroatoms. The van der Waals surface area contributed by atoms with Crippen molar-refractivity contribution in [3.63, 3.8) is 0 Å². The van der Waals surface area contributed by atoms with Crippen molar-refractivity contribution >= 4 is 33.3 Å². The van der Waals surface area contributed by atoms with Gasteiger partial charge in [-0.15, -0.1) is 0 Å². The summed E-state index contributed by atoms with van der Waals surface area (Å²) in [5, 5.41) is 5.15. The summed E-state index contributed by atoms with van der Waals surface area (Å²) in [5.41, 5.74) is 2.99. The monoisotopic (exact) mass is 308 g/mol.